The fraction of sp³-hybridized carbons (Fsp3) is 0.833. The van der Waals surface area contributed by atoms with Crippen molar-refractivity contribution in [1.29, 1.82) is 0 Å². The first kappa shape index (κ1) is 12.9. The molecule has 17 heavy (non-hydrogen) atoms. The maximum Gasteiger partial charge on any atom is 0.246 e. The number of thioether (sulfide) groups is 1. The Morgan fingerprint density at radius 2 is 2.06 bits per heavy atom. The van der Waals surface area contributed by atoms with Crippen molar-refractivity contribution in [2.75, 3.05) is 19.8 Å². The van der Waals surface area contributed by atoms with Gasteiger partial charge in [0.15, 0.2) is 0 Å². The summed E-state index contributed by atoms with van der Waals surface area (Å²) in [5.74, 6) is -0.152. The van der Waals surface area contributed by atoms with Crippen LogP contribution in [0, 0.1) is 0 Å². The van der Waals surface area contributed by atoms with Crippen LogP contribution in [0.3, 0.4) is 0 Å². The van der Waals surface area contributed by atoms with E-state index in [2.05, 4.69) is 11.6 Å². The molecule has 1 saturated carbocycles. The molecule has 1 N–H and O–H groups in total. The quantitative estimate of drug-likeness (QED) is 0.763. The van der Waals surface area contributed by atoms with Crippen LogP contribution < -0.4 is 5.32 Å². The second-order valence-corrected chi connectivity index (χ2v) is 6.30. The number of carbonyl (C=O) groups is 2. The molecule has 5 heteroatoms. The number of likely N-dealkylation sites (N-methyl/N-ethyl adjacent to an activating group) is 1. The van der Waals surface area contributed by atoms with Crippen LogP contribution in [0.4, 0.5) is 0 Å². The van der Waals surface area contributed by atoms with Crippen LogP contribution in [-0.4, -0.2) is 47.4 Å². The van der Waals surface area contributed by atoms with E-state index < -0.39 is 0 Å². The third kappa shape index (κ3) is 2.50. The molecule has 0 bridgehead atoms. The Balaban J connectivity index is 1.90. The smallest absolute Gasteiger partial charge is 0.246 e. The highest BCUT2D eigenvalue weighted by atomic mass is 32.2. The summed E-state index contributed by atoms with van der Waals surface area (Å²) >= 11 is 1.89. The minimum absolute atomic E-state index is 0.0721. The van der Waals surface area contributed by atoms with E-state index in [1.165, 1.54) is 30.6 Å². The first-order valence-electron chi connectivity index (χ1n) is 6.17. The topological polar surface area (TPSA) is 49.4 Å². The maximum absolute atomic E-state index is 11.7. The van der Waals surface area contributed by atoms with E-state index in [1.807, 2.05) is 11.8 Å². The third-order valence-corrected chi connectivity index (χ3v) is 5.42. The molecule has 0 aromatic carbocycles. The summed E-state index contributed by atoms with van der Waals surface area (Å²) in [5, 5.41) is 3.29. The summed E-state index contributed by atoms with van der Waals surface area (Å²) in [4.78, 5) is 24.4. The van der Waals surface area contributed by atoms with E-state index in [1.54, 1.807) is 7.05 Å². The molecule has 1 saturated heterocycles. The van der Waals surface area contributed by atoms with Gasteiger partial charge in [0.25, 0.3) is 0 Å². The second kappa shape index (κ2) is 4.98. The minimum Gasteiger partial charge on any atom is -0.304 e. The van der Waals surface area contributed by atoms with Gasteiger partial charge < -0.3 is 5.32 Å². The molecule has 1 atom stereocenters. The summed E-state index contributed by atoms with van der Waals surface area (Å²) < 4.78 is 0.282. The molecular formula is C12H20N2O2S. The fourth-order valence-corrected chi connectivity index (χ4v) is 3.62. The summed E-state index contributed by atoms with van der Waals surface area (Å²) in [6.45, 7) is 0.839. The monoisotopic (exact) mass is 256 g/mol. The van der Waals surface area contributed by atoms with Crippen LogP contribution in [-0.2, 0) is 9.59 Å². The van der Waals surface area contributed by atoms with E-state index >= 15 is 0 Å². The second-order valence-electron chi connectivity index (χ2n) is 5.02. The molecular weight excluding hydrogens is 236 g/mol. The fourth-order valence-electron chi connectivity index (χ4n) is 2.70. The molecule has 0 aromatic heterocycles. The Morgan fingerprint density at radius 3 is 2.53 bits per heavy atom. The van der Waals surface area contributed by atoms with Gasteiger partial charge in [0, 0.05) is 18.3 Å². The van der Waals surface area contributed by atoms with Gasteiger partial charge in [-0.25, -0.2) is 0 Å². The lowest BCUT2D eigenvalue weighted by molar-refractivity contribution is -0.137. The maximum atomic E-state index is 11.7. The SMILES string of the molecule is CSC1(CNC2CC(=O)N(C)C2=O)CCCC1. The summed E-state index contributed by atoms with van der Waals surface area (Å²) in [6.07, 6.45) is 7.44. The zero-order valence-electron chi connectivity index (χ0n) is 10.5. The van der Waals surface area contributed by atoms with Gasteiger partial charge in [0.2, 0.25) is 11.8 Å². The molecule has 0 aromatic rings. The van der Waals surface area contributed by atoms with Crippen molar-refractivity contribution in [2.45, 2.75) is 42.9 Å². The first-order valence-corrected chi connectivity index (χ1v) is 7.39. The highest BCUT2D eigenvalue weighted by Gasteiger charge is 2.39. The molecule has 2 amide bonds. The van der Waals surface area contributed by atoms with Gasteiger partial charge in [-0.15, -0.1) is 0 Å². The van der Waals surface area contributed by atoms with Crippen molar-refractivity contribution in [3.8, 4) is 0 Å². The van der Waals surface area contributed by atoms with Crippen LogP contribution in [0.2, 0.25) is 0 Å². The standard InChI is InChI=1S/C12H20N2O2S/c1-14-10(15)7-9(11(14)16)13-8-12(17-2)5-3-4-6-12/h9,13H,3-8H2,1-2H3. The third-order valence-electron chi connectivity index (χ3n) is 4.00. The van der Waals surface area contributed by atoms with Crippen LogP contribution in [0.25, 0.3) is 0 Å². The van der Waals surface area contributed by atoms with Gasteiger partial charge in [0.1, 0.15) is 0 Å². The number of hydrogen-bond acceptors (Lipinski definition) is 4. The number of likely N-dealkylation sites (tertiary alicyclic amines) is 1. The summed E-state index contributed by atoms with van der Waals surface area (Å²) in [5.41, 5.74) is 0. The lowest BCUT2D eigenvalue weighted by atomic mass is 10.1. The van der Waals surface area contributed by atoms with Crippen LogP contribution >= 0.6 is 11.8 Å². The Morgan fingerprint density at radius 1 is 1.41 bits per heavy atom. The van der Waals surface area contributed by atoms with Crippen molar-refractivity contribution in [3.05, 3.63) is 0 Å². The van der Waals surface area contributed by atoms with E-state index in [4.69, 9.17) is 0 Å². The predicted molar refractivity (Wildman–Crippen MR) is 68.9 cm³/mol. The van der Waals surface area contributed by atoms with Crippen molar-refractivity contribution in [2.24, 2.45) is 0 Å². The molecule has 4 nitrogen and oxygen atoms in total. The molecule has 0 spiro atoms. The number of imide groups is 1. The van der Waals surface area contributed by atoms with E-state index in [0.29, 0.717) is 6.42 Å². The average molecular weight is 256 g/mol. The average Bonchev–Trinajstić information content (AvgIpc) is 2.89. The highest BCUT2D eigenvalue weighted by molar-refractivity contribution is 8.00. The lowest BCUT2D eigenvalue weighted by Gasteiger charge is -2.28. The molecule has 1 aliphatic carbocycles. The Kier molecular flexibility index (Phi) is 3.78. The molecule has 1 heterocycles. The number of rotatable bonds is 4. The van der Waals surface area contributed by atoms with Crippen LogP contribution in [0.15, 0.2) is 0 Å². The van der Waals surface area contributed by atoms with Gasteiger partial charge in [-0.1, -0.05) is 12.8 Å². The van der Waals surface area contributed by atoms with Gasteiger partial charge in [0.05, 0.1) is 12.5 Å². The largest absolute Gasteiger partial charge is 0.304 e. The number of amides is 2. The van der Waals surface area contributed by atoms with Crippen molar-refractivity contribution in [3.63, 3.8) is 0 Å². The first-order chi connectivity index (χ1) is 8.08. The number of nitrogens with one attached hydrogen (secondary N) is 1. The lowest BCUT2D eigenvalue weighted by Crippen LogP contribution is -2.44. The van der Waals surface area contributed by atoms with Gasteiger partial charge in [-0.2, -0.15) is 11.8 Å². The van der Waals surface area contributed by atoms with Gasteiger partial charge in [-0.3, -0.25) is 14.5 Å². The van der Waals surface area contributed by atoms with E-state index in [9.17, 15) is 9.59 Å². The van der Waals surface area contributed by atoms with Crippen molar-refractivity contribution >= 4 is 23.6 Å². The normalized spacial score (nSPS) is 28.1. The van der Waals surface area contributed by atoms with Crippen LogP contribution in [0.5, 0.6) is 0 Å². The Hall–Kier alpha value is -0.550. The van der Waals surface area contributed by atoms with Crippen molar-refractivity contribution in [1.82, 2.24) is 10.2 Å². The zero-order valence-corrected chi connectivity index (χ0v) is 11.3. The van der Waals surface area contributed by atoms with Crippen molar-refractivity contribution < 1.29 is 9.59 Å². The molecule has 2 aliphatic rings. The molecule has 1 unspecified atom stereocenters. The van der Waals surface area contributed by atoms with Gasteiger partial charge in [-0.05, 0) is 19.1 Å². The number of nitrogens with zero attached hydrogens (tertiary/aromatic N) is 1. The molecule has 2 rings (SSSR count). The number of carbonyl (C=O) groups excluding carboxylic acids is 2. The molecule has 0 radical (unpaired) electrons. The minimum atomic E-state index is -0.294. The Labute approximate surface area is 106 Å². The Bertz CT molecular complexity index is 326. The zero-order chi connectivity index (χ0) is 12.5. The highest BCUT2D eigenvalue weighted by Crippen LogP contribution is 2.39. The van der Waals surface area contributed by atoms with E-state index in [0.717, 1.165) is 6.54 Å². The van der Waals surface area contributed by atoms with Crippen LogP contribution in [0.1, 0.15) is 32.1 Å². The molecule has 96 valence electrons. The van der Waals surface area contributed by atoms with E-state index in [-0.39, 0.29) is 22.6 Å². The number of hydrogen-bond donors (Lipinski definition) is 1. The molecule has 1 aliphatic heterocycles. The molecule has 2 fully saturated rings. The predicted octanol–water partition coefficient (Wildman–Crippen LogP) is 1.01. The van der Waals surface area contributed by atoms with Gasteiger partial charge >= 0.3 is 0 Å². The summed E-state index contributed by atoms with van der Waals surface area (Å²) in [7, 11) is 1.56. The summed E-state index contributed by atoms with van der Waals surface area (Å²) in [6, 6.07) is -0.294.